The van der Waals surface area contributed by atoms with Gasteiger partial charge in [-0.2, -0.15) is 5.10 Å². The molecule has 0 saturated carbocycles. The zero-order valence-corrected chi connectivity index (χ0v) is 12.1. The molecule has 6 heteroatoms. The second-order valence-corrected chi connectivity index (χ2v) is 7.20. The van der Waals surface area contributed by atoms with Crippen molar-refractivity contribution in [1.29, 1.82) is 0 Å². The van der Waals surface area contributed by atoms with E-state index in [1.165, 1.54) is 11.9 Å². The molecule has 1 fully saturated rings. The number of aryl methyl sites for hydroxylation is 2. The molecule has 1 aliphatic rings. The standard InChI is InChI=1S/C12H21N3O2S/c1-10-8-11(2)15(13-10)9-12-4-6-14(7-5-12)18(3,16)17/h8,12H,4-7,9H2,1-3H3. The van der Waals surface area contributed by atoms with Gasteiger partial charge in [0.1, 0.15) is 0 Å². The van der Waals surface area contributed by atoms with E-state index in [4.69, 9.17) is 0 Å². The van der Waals surface area contributed by atoms with Gasteiger partial charge in [0.05, 0.1) is 11.9 Å². The second kappa shape index (κ2) is 5.01. The maximum Gasteiger partial charge on any atom is 0.211 e. The van der Waals surface area contributed by atoms with E-state index < -0.39 is 10.0 Å². The second-order valence-electron chi connectivity index (χ2n) is 5.21. The number of nitrogens with zero attached hydrogens (tertiary/aromatic N) is 3. The molecule has 102 valence electrons. The Balaban J connectivity index is 1.93. The van der Waals surface area contributed by atoms with Gasteiger partial charge >= 0.3 is 0 Å². The Labute approximate surface area is 109 Å². The highest BCUT2D eigenvalue weighted by atomic mass is 32.2. The number of hydrogen-bond donors (Lipinski definition) is 0. The lowest BCUT2D eigenvalue weighted by Crippen LogP contribution is -2.38. The Morgan fingerprint density at radius 1 is 1.33 bits per heavy atom. The fourth-order valence-electron chi connectivity index (χ4n) is 2.53. The van der Waals surface area contributed by atoms with Crippen molar-refractivity contribution < 1.29 is 8.42 Å². The van der Waals surface area contributed by atoms with Gasteiger partial charge in [0.2, 0.25) is 10.0 Å². The molecule has 0 aromatic carbocycles. The summed E-state index contributed by atoms with van der Waals surface area (Å²) in [6.45, 7) is 6.24. The first-order valence-electron chi connectivity index (χ1n) is 6.32. The molecular formula is C12H21N3O2S. The summed E-state index contributed by atoms with van der Waals surface area (Å²) in [5, 5.41) is 4.46. The Morgan fingerprint density at radius 2 is 1.94 bits per heavy atom. The largest absolute Gasteiger partial charge is 0.269 e. The zero-order chi connectivity index (χ0) is 13.3. The fraction of sp³-hybridized carbons (Fsp3) is 0.750. The van der Waals surface area contributed by atoms with E-state index in [0.717, 1.165) is 25.1 Å². The minimum absolute atomic E-state index is 0.529. The van der Waals surface area contributed by atoms with Gasteiger partial charge in [-0.15, -0.1) is 0 Å². The summed E-state index contributed by atoms with van der Waals surface area (Å²) in [5.74, 6) is 0.529. The third-order valence-electron chi connectivity index (χ3n) is 3.58. The van der Waals surface area contributed by atoms with Crippen LogP contribution < -0.4 is 0 Å². The summed E-state index contributed by atoms with van der Waals surface area (Å²) in [6, 6.07) is 2.08. The molecule has 18 heavy (non-hydrogen) atoms. The number of piperidine rings is 1. The van der Waals surface area contributed by atoms with Crippen LogP contribution in [0.1, 0.15) is 24.2 Å². The molecule has 0 spiro atoms. The van der Waals surface area contributed by atoms with E-state index in [1.54, 1.807) is 4.31 Å². The van der Waals surface area contributed by atoms with Crippen LogP contribution in [0.3, 0.4) is 0 Å². The first kappa shape index (κ1) is 13.5. The molecule has 0 amide bonds. The van der Waals surface area contributed by atoms with Crippen LogP contribution in [0.15, 0.2) is 6.07 Å². The van der Waals surface area contributed by atoms with Crippen molar-refractivity contribution in [1.82, 2.24) is 14.1 Å². The number of sulfonamides is 1. The lowest BCUT2D eigenvalue weighted by atomic mass is 9.98. The van der Waals surface area contributed by atoms with Crippen molar-refractivity contribution in [3.8, 4) is 0 Å². The van der Waals surface area contributed by atoms with Gasteiger partial charge in [-0.25, -0.2) is 12.7 Å². The number of aromatic nitrogens is 2. The third-order valence-corrected chi connectivity index (χ3v) is 4.88. The van der Waals surface area contributed by atoms with Crippen LogP contribution >= 0.6 is 0 Å². The van der Waals surface area contributed by atoms with Crippen LogP contribution in [0.5, 0.6) is 0 Å². The lowest BCUT2D eigenvalue weighted by Gasteiger charge is -2.30. The van der Waals surface area contributed by atoms with Gasteiger partial charge in [-0.1, -0.05) is 0 Å². The van der Waals surface area contributed by atoms with Crippen LogP contribution in [0.4, 0.5) is 0 Å². The quantitative estimate of drug-likeness (QED) is 0.829. The third kappa shape index (κ3) is 3.11. The van der Waals surface area contributed by atoms with Crippen molar-refractivity contribution in [2.75, 3.05) is 19.3 Å². The summed E-state index contributed by atoms with van der Waals surface area (Å²) in [6.07, 6.45) is 3.13. The molecule has 0 bridgehead atoms. The van der Waals surface area contributed by atoms with Gasteiger partial charge in [-0.3, -0.25) is 4.68 Å². The zero-order valence-electron chi connectivity index (χ0n) is 11.3. The van der Waals surface area contributed by atoms with Crippen molar-refractivity contribution in [2.24, 2.45) is 5.92 Å². The average molecular weight is 271 g/mol. The Hall–Kier alpha value is -0.880. The summed E-state index contributed by atoms with van der Waals surface area (Å²) in [7, 11) is -3.02. The fourth-order valence-corrected chi connectivity index (χ4v) is 3.40. The van der Waals surface area contributed by atoms with Crippen LogP contribution in [-0.4, -0.2) is 41.8 Å². The van der Waals surface area contributed by atoms with Crippen LogP contribution in [0, 0.1) is 19.8 Å². The number of hydrogen-bond acceptors (Lipinski definition) is 3. The van der Waals surface area contributed by atoms with Gasteiger partial charge in [0.15, 0.2) is 0 Å². The predicted molar refractivity (Wildman–Crippen MR) is 70.8 cm³/mol. The monoisotopic (exact) mass is 271 g/mol. The topological polar surface area (TPSA) is 55.2 Å². The highest BCUT2D eigenvalue weighted by molar-refractivity contribution is 7.88. The van der Waals surface area contributed by atoms with E-state index >= 15 is 0 Å². The van der Waals surface area contributed by atoms with E-state index in [9.17, 15) is 8.42 Å². The molecule has 0 radical (unpaired) electrons. The Morgan fingerprint density at radius 3 is 2.39 bits per heavy atom. The molecule has 1 saturated heterocycles. The summed E-state index contributed by atoms with van der Waals surface area (Å²) < 4.78 is 26.4. The molecule has 1 aromatic rings. The lowest BCUT2D eigenvalue weighted by molar-refractivity contribution is 0.247. The van der Waals surface area contributed by atoms with Crippen molar-refractivity contribution in [2.45, 2.75) is 33.2 Å². The summed E-state index contributed by atoms with van der Waals surface area (Å²) in [4.78, 5) is 0. The summed E-state index contributed by atoms with van der Waals surface area (Å²) >= 11 is 0. The molecule has 1 aliphatic heterocycles. The molecule has 0 N–H and O–H groups in total. The Kier molecular flexibility index (Phi) is 3.77. The molecular weight excluding hydrogens is 250 g/mol. The van der Waals surface area contributed by atoms with Crippen molar-refractivity contribution in [3.05, 3.63) is 17.5 Å². The van der Waals surface area contributed by atoms with Crippen LogP contribution in [0.25, 0.3) is 0 Å². The minimum atomic E-state index is -3.02. The molecule has 2 rings (SSSR count). The van der Waals surface area contributed by atoms with Crippen LogP contribution in [0.2, 0.25) is 0 Å². The minimum Gasteiger partial charge on any atom is -0.269 e. The highest BCUT2D eigenvalue weighted by Gasteiger charge is 2.25. The predicted octanol–water partition coefficient (Wildman–Crippen LogP) is 1.17. The van der Waals surface area contributed by atoms with E-state index in [0.29, 0.717) is 19.0 Å². The average Bonchev–Trinajstić information content (AvgIpc) is 2.57. The SMILES string of the molecule is Cc1cc(C)n(CC2CCN(S(C)(=O)=O)CC2)n1. The van der Waals surface area contributed by atoms with Crippen molar-refractivity contribution in [3.63, 3.8) is 0 Å². The van der Waals surface area contributed by atoms with Crippen molar-refractivity contribution >= 4 is 10.0 Å². The molecule has 1 aromatic heterocycles. The first-order chi connectivity index (χ1) is 8.36. The maximum absolute atomic E-state index is 11.4. The molecule has 2 heterocycles. The maximum atomic E-state index is 11.4. The smallest absolute Gasteiger partial charge is 0.211 e. The first-order valence-corrected chi connectivity index (χ1v) is 8.17. The van der Waals surface area contributed by atoms with Gasteiger partial charge in [0, 0.05) is 25.3 Å². The van der Waals surface area contributed by atoms with Crippen LogP contribution in [-0.2, 0) is 16.6 Å². The highest BCUT2D eigenvalue weighted by Crippen LogP contribution is 2.21. The van der Waals surface area contributed by atoms with E-state index in [-0.39, 0.29) is 0 Å². The molecule has 0 aliphatic carbocycles. The molecule has 0 atom stereocenters. The number of rotatable bonds is 3. The van der Waals surface area contributed by atoms with E-state index in [1.807, 2.05) is 11.6 Å². The summed E-state index contributed by atoms with van der Waals surface area (Å²) in [5.41, 5.74) is 2.22. The van der Waals surface area contributed by atoms with Gasteiger partial charge in [-0.05, 0) is 38.7 Å². The molecule has 5 nitrogen and oxygen atoms in total. The van der Waals surface area contributed by atoms with E-state index in [2.05, 4.69) is 18.1 Å². The Bertz CT molecular complexity index is 513. The van der Waals surface area contributed by atoms with Gasteiger partial charge < -0.3 is 0 Å². The molecule has 0 unspecified atom stereocenters. The van der Waals surface area contributed by atoms with Gasteiger partial charge in [0.25, 0.3) is 0 Å². The normalized spacial score (nSPS) is 19.3.